The van der Waals surface area contributed by atoms with Gasteiger partial charge in [0.1, 0.15) is 13.2 Å². The fourth-order valence-corrected chi connectivity index (χ4v) is 8.39. The lowest BCUT2D eigenvalue weighted by molar-refractivity contribution is -0.167. The van der Waals surface area contributed by atoms with E-state index >= 15 is 0 Å². The van der Waals surface area contributed by atoms with Crippen molar-refractivity contribution in [2.75, 3.05) is 13.2 Å². The van der Waals surface area contributed by atoms with Crippen molar-refractivity contribution in [2.45, 2.75) is 297 Å². The minimum Gasteiger partial charge on any atom is -0.462 e. The van der Waals surface area contributed by atoms with Crippen LogP contribution in [0.1, 0.15) is 290 Å². The second-order valence-electron chi connectivity index (χ2n) is 19.9. The Morgan fingerprint density at radius 2 is 0.577 bits per heavy atom. The molecule has 0 heterocycles. The molecule has 0 aliphatic carbocycles. The van der Waals surface area contributed by atoms with E-state index in [9.17, 15) is 14.4 Å². The number of allylic oxidation sites excluding steroid dienone is 14. The van der Waals surface area contributed by atoms with Gasteiger partial charge in [-0.1, -0.05) is 266 Å². The lowest BCUT2D eigenvalue weighted by Crippen LogP contribution is -2.30. The summed E-state index contributed by atoms with van der Waals surface area (Å²) in [6.45, 7) is 6.47. The molecule has 0 spiro atoms. The van der Waals surface area contributed by atoms with Crippen molar-refractivity contribution in [3.8, 4) is 0 Å². The van der Waals surface area contributed by atoms with Gasteiger partial charge in [-0.15, -0.1) is 0 Å². The highest BCUT2D eigenvalue weighted by molar-refractivity contribution is 5.71. The third-order valence-corrected chi connectivity index (χ3v) is 12.9. The SMILES string of the molecule is CC/C=C\C/C=C\C/C=C\C/C=C\C/C=C\C/C=C\CCCCCCCCC(=O)OCC(COC(=O)CCCCCCC/C=C\CCC)OC(=O)CCCCCCCCCCCCCCCCCCCC. The van der Waals surface area contributed by atoms with Gasteiger partial charge in [0.05, 0.1) is 0 Å². The van der Waals surface area contributed by atoms with Crippen molar-refractivity contribution in [1.82, 2.24) is 0 Å². The number of hydrogen-bond acceptors (Lipinski definition) is 6. The van der Waals surface area contributed by atoms with Crippen LogP contribution in [0.15, 0.2) is 85.1 Å². The van der Waals surface area contributed by atoms with E-state index in [0.29, 0.717) is 19.3 Å². The molecule has 0 aromatic heterocycles. The van der Waals surface area contributed by atoms with Crippen LogP contribution in [0.4, 0.5) is 0 Å². The Morgan fingerprint density at radius 1 is 0.296 bits per heavy atom. The summed E-state index contributed by atoms with van der Waals surface area (Å²) < 4.78 is 16.8. The molecule has 0 rings (SSSR count). The summed E-state index contributed by atoms with van der Waals surface area (Å²) in [5.41, 5.74) is 0. The maximum absolute atomic E-state index is 12.9. The van der Waals surface area contributed by atoms with Crippen molar-refractivity contribution >= 4 is 17.9 Å². The number of unbranched alkanes of at least 4 members (excludes halogenated alkanes) is 29. The molecule has 0 aromatic rings. The summed E-state index contributed by atoms with van der Waals surface area (Å²) in [5, 5.41) is 0. The Hall–Kier alpha value is -3.41. The number of esters is 3. The molecule has 71 heavy (non-hydrogen) atoms. The van der Waals surface area contributed by atoms with Gasteiger partial charge in [-0.3, -0.25) is 14.4 Å². The summed E-state index contributed by atoms with van der Waals surface area (Å²) in [6.07, 6.45) is 77.3. The summed E-state index contributed by atoms with van der Waals surface area (Å²) in [4.78, 5) is 38.1. The van der Waals surface area contributed by atoms with E-state index in [1.165, 1.54) is 128 Å². The molecular formula is C65H112O6. The highest BCUT2D eigenvalue weighted by Crippen LogP contribution is 2.16. The molecule has 0 aliphatic heterocycles. The smallest absolute Gasteiger partial charge is 0.306 e. The molecule has 1 unspecified atom stereocenters. The molecule has 0 saturated heterocycles. The zero-order valence-corrected chi connectivity index (χ0v) is 46.7. The Morgan fingerprint density at radius 3 is 0.930 bits per heavy atom. The molecule has 0 fully saturated rings. The van der Waals surface area contributed by atoms with E-state index in [4.69, 9.17) is 14.2 Å². The van der Waals surface area contributed by atoms with Gasteiger partial charge < -0.3 is 14.2 Å². The summed E-state index contributed by atoms with van der Waals surface area (Å²) >= 11 is 0. The Labute approximate surface area is 439 Å². The van der Waals surface area contributed by atoms with Crippen LogP contribution in [0.25, 0.3) is 0 Å². The number of carbonyl (C=O) groups is 3. The Balaban J connectivity index is 4.30. The van der Waals surface area contributed by atoms with Crippen LogP contribution in [0.5, 0.6) is 0 Å². The summed E-state index contributed by atoms with van der Waals surface area (Å²) in [7, 11) is 0. The van der Waals surface area contributed by atoms with Crippen molar-refractivity contribution in [3.05, 3.63) is 85.1 Å². The van der Waals surface area contributed by atoms with Gasteiger partial charge in [-0.05, 0) is 89.9 Å². The van der Waals surface area contributed by atoms with Gasteiger partial charge in [0, 0.05) is 19.3 Å². The highest BCUT2D eigenvalue weighted by atomic mass is 16.6. The van der Waals surface area contributed by atoms with E-state index in [0.717, 1.165) is 122 Å². The van der Waals surface area contributed by atoms with Crippen LogP contribution < -0.4 is 0 Å². The van der Waals surface area contributed by atoms with E-state index in [1.807, 2.05) is 0 Å². The first-order chi connectivity index (χ1) is 35.0. The van der Waals surface area contributed by atoms with E-state index in [2.05, 4.69) is 106 Å². The van der Waals surface area contributed by atoms with Crippen molar-refractivity contribution in [3.63, 3.8) is 0 Å². The van der Waals surface area contributed by atoms with Crippen molar-refractivity contribution < 1.29 is 28.6 Å². The zero-order chi connectivity index (χ0) is 51.4. The number of hydrogen-bond donors (Lipinski definition) is 0. The largest absolute Gasteiger partial charge is 0.462 e. The molecule has 6 nitrogen and oxygen atoms in total. The fraction of sp³-hybridized carbons (Fsp3) is 0.738. The molecular weight excluding hydrogens is 877 g/mol. The van der Waals surface area contributed by atoms with Crippen molar-refractivity contribution in [1.29, 1.82) is 0 Å². The van der Waals surface area contributed by atoms with E-state index in [-0.39, 0.29) is 31.1 Å². The minimum absolute atomic E-state index is 0.0837. The lowest BCUT2D eigenvalue weighted by atomic mass is 10.0. The van der Waals surface area contributed by atoms with Gasteiger partial charge in [0.15, 0.2) is 6.10 Å². The maximum atomic E-state index is 12.9. The maximum Gasteiger partial charge on any atom is 0.306 e. The molecule has 1 atom stereocenters. The lowest BCUT2D eigenvalue weighted by Gasteiger charge is -2.18. The Kier molecular flexibility index (Phi) is 56.3. The number of carbonyl (C=O) groups excluding carboxylic acids is 3. The van der Waals surface area contributed by atoms with Crippen molar-refractivity contribution in [2.24, 2.45) is 0 Å². The van der Waals surface area contributed by atoms with Crippen LogP contribution in [0.2, 0.25) is 0 Å². The third-order valence-electron chi connectivity index (χ3n) is 12.9. The van der Waals surface area contributed by atoms with Crippen LogP contribution in [0.3, 0.4) is 0 Å². The van der Waals surface area contributed by atoms with E-state index in [1.54, 1.807) is 0 Å². The number of ether oxygens (including phenoxy) is 3. The quantitative estimate of drug-likeness (QED) is 0.0261. The van der Waals surface area contributed by atoms with Crippen LogP contribution >= 0.6 is 0 Å². The molecule has 0 amide bonds. The summed E-state index contributed by atoms with van der Waals surface area (Å²) in [5.74, 6) is -0.899. The first kappa shape index (κ1) is 67.6. The molecule has 408 valence electrons. The van der Waals surface area contributed by atoms with Crippen LogP contribution in [0, 0.1) is 0 Å². The Bertz CT molecular complexity index is 1370. The molecule has 0 radical (unpaired) electrons. The average Bonchev–Trinajstić information content (AvgIpc) is 3.37. The third kappa shape index (κ3) is 57.4. The average molecular weight is 990 g/mol. The minimum atomic E-state index is -0.784. The van der Waals surface area contributed by atoms with Gasteiger partial charge in [-0.25, -0.2) is 0 Å². The van der Waals surface area contributed by atoms with Crippen LogP contribution in [-0.2, 0) is 28.6 Å². The topological polar surface area (TPSA) is 78.9 Å². The molecule has 0 N–H and O–H groups in total. The van der Waals surface area contributed by atoms with Gasteiger partial charge in [0.25, 0.3) is 0 Å². The molecule has 0 aromatic carbocycles. The van der Waals surface area contributed by atoms with E-state index < -0.39 is 6.10 Å². The van der Waals surface area contributed by atoms with Crippen LogP contribution in [-0.4, -0.2) is 37.2 Å². The number of rotatable bonds is 54. The van der Waals surface area contributed by atoms with Gasteiger partial charge >= 0.3 is 17.9 Å². The second-order valence-corrected chi connectivity index (χ2v) is 19.9. The first-order valence-corrected chi connectivity index (χ1v) is 30.1. The zero-order valence-electron chi connectivity index (χ0n) is 46.7. The molecule has 0 bridgehead atoms. The second kappa shape index (κ2) is 59.2. The standard InChI is InChI=1S/C65H112O6/c1-4-7-10-13-16-19-22-24-26-28-30-31-32-33-34-35-36-38-39-41-43-46-49-52-55-58-64(67)70-61-62(60-69-63(66)57-54-51-48-45-21-18-15-12-9-6-3)71-65(68)59-56-53-50-47-44-42-40-37-29-27-25-23-20-17-14-11-8-5-2/h7,10,12,15-16,19,24,26,30-31,33-34,36,38,62H,4-6,8-9,11,13-14,17-18,20-23,25,27-29,32,35,37,39-61H2,1-3H3/b10-7-,15-12-,19-16-,26-24-,31-30-,34-33-,38-36-. The molecule has 0 aliphatic rings. The summed E-state index contributed by atoms with van der Waals surface area (Å²) in [6, 6.07) is 0. The molecule has 6 heteroatoms. The predicted molar refractivity (Wildman–Crippen MR) is 307 cm³/mol. The van der Waals surface area contributed by atoms with Gasteiger partial charge in [-0.2, -0.15) is 0 Å². The highest BCUT2D eigenvalue weighted by Gasteiger charge is 2.19. The molecule has 0 saturated carbocycles. The first-order valence-electron chi connectivity index (χ1n) is 30.1. The predicted octanol–water partition coefficient (Wildman–Crippen LogP) is 20.3. The van der Waals surface area contributed by atoms with Gasteiger partial charge in [0.2, 0.25) is 0 Å². The normalized spacial score (nSPS) is 12.7. The monoisotopic (exact) mass is 989 g/mol. The fourth-order valence-electron chi connectivity index (χ4n) is 8.39.